The van der Waals surface area contributed by atoms with E-state index in [1.54, 1.807) is 7.11 Å². The molecule has 0 atom stereocenters. The number of nitrogens with zero attached hydrogens (tertiary/aromatic N) is 2. The van der Waals surface area contributed by atoms with E-state index in [0.29, 0.717) is 13.0 Å². The third-order valence-electron chi connectivity index (χ3n) is 4.47. The van der Waals surface area contributed by atoms with E-state index in [1.807, 2.05) is 66.2 Å². The molecule has 0 unspecified atom stereocenters. The van der Waals surface area contributed by atoms with Crippen molar-refractivity contribution in [3.8, 4) is 11.4 Å². The van der Waals surface area contributed by atoms with E-state index < -0.39 is 0 Å². The van der Waals surface area contributed by atoms with Gasteiger partial charge in [-0.2, -0.15) is 5.10 Å². The summed E-state index contributed by atoms with van der Waals surface area (Å²) in [6.07, 6.45) is 4.20. The summed E-state index contributed by atoms with van der Waals surface area (Å²) in [6, 6.07) is 17.7. The number of nitrogens with one attached hydrogen (secondary N) is 1. The maximum Gasteiger partial charge on any atom is 0.224 e. The normalized spacial score (nSPS) is 10.6. The predicted octanol–water partition coefficient (Wildman–Crippen LogP) is 3.48. The molecule has 0 bridgehead atoms. The number of amides is 1. The second kappa shape index (κ2) is 9.03. The first-order valence-corrected chi connectivity index (χ1v) is 9.16. The summed E-state index contributed by atoms with van der Waals surface area (Å²) in [5, 5.41) is 7.57. The van der Waals surface area contributed by atoms with E-state index in [-0.39, 0.29) is 5.91 Å². The monoisotopic (exact) mass is 363 g/mol. The summed E-state index contributed by atoms with van der Waals surface area (Å²) in [5.41, 5.74) is 4.24. The zero-order valence-corrected chi connectivity index (χ0v) is 15.8. The van der Waals surface area contributed by atoms with Gasteiger partial charge in [-0.25, -0.2) is 4.68 Å². The number of carbonyl (C=O) groups excluding carboxylic acids is 1. The molecule has 2 aromatic carbocycles. The van der Waals surface area contributed by atoms with E-state index in [0.717, 1.165) is 35.5 Å². The molecule has 1 amide bonds. The smallest absolute Gasteiger partial charge is 0.224 e. The van der Waals surface area contributed by atoms with Gasteiger partial charge in [-0.3, -0.25) is 4.79 Å². The van der Waals surface area contributed by atoms with Crippen molar-refractivity contribution >= 4 is 5.91 Å². The van der Waals surface area contributed by atoms with Gasteiger partial charge in [0.2, 0.25) is 5.91 Å². The molecule has 0 aliphatic heterocycles. The molecule has 0 aliphatic rings. The highest BCUT2D eigenvalue weighted by molar-refractivity contribution is 5.78. The van der Waals surface area contributed by atoms with Gasteiger partial charge in [0.25, 0.3) is 0 Å². The van der Waals surface area contributed by atoms with E-state index in [4.69, 9.17) is 4.74 Å². The van der Waals surface area contributed by atoms with Gasteiger partial charge in [0, 0.05) is 12.7 Å². The van der Waals surface area contributed by atoms with Crippen LogP contribution < -0.4 is 10.1 Å². The zero-order chi connectivity index (χ0) is 19.1. The number of hydrogen-bond donors (Lipinski definition) is 1. The summed E-state index contributed by atoms with van der Waals surface area (Å²) in [7, 11) is 1.63. The molecule has 1 N–H and O–H groups in total. The van der Waals surface area contributed by atoms with E-state index in [1.165, 1.54) is 5.56 Å². The van der Waals surface area contributed by atoms with Crippen LogP contribution in [-0.2, 0) is 17.6 Å². The number of benzene rings is 2. The Balaban J connectivity index is 1.46. The minimum Gasteiger partial charge on any atom is -0.497 e. The molecule has 0 radical (unpaired) electrons. The van der Waals surface area contributed by atoms with Crippen LogP contribution in [0.4, 0.5) is 0 Å². The first-order chi connectivity index (χ1) is 13.2. The summed E-state index contributed by atoms with van der Waals surface area (Å²) >= 11 is 0. The lowest BCUT2D eigenvalue weighted by Gasteiger charge is -2.06. The molecule has 0 spiro atoms. The van der Waals surface area contributed by atoms with Crippen LogP contribution in [0.2, 0.25) is 0 Å². The number of rotatable bonds is 8. The molecule has 0 saturated carbocycles. The predicted molar refractivity (Wildman–Crippen MR) is 106 cm³/mol. The first-order valence-electron chi connectivity index (χ1n) is 9.16. The van der Waals surface area contributed by atoms with Gasteiger partial charge in [-0.05, 0) is 55.2 Å². The third-order valence-corrected chi connectivity index (χ3v) is 4.47. The van der Waals surface area contributed by atoms with Crippen molar-refractivity contribution in [2.24, 2.45) is 0 Å². The quantitative estimate of drug-likeness (QED) is 0.624. The molecule has 0 fully saturated rings. The number of hydrogen-bond acceptors (Lipinski definition) is 3. The molecule has 3 rings (SSSR count). The number of para-hydroxylation sites is 1. The van der Waals surface area contributed by atoms with Crippen molar-refractivity contribution in [3.63, 3.8) is 0 Å². The molecule has 3 aromatic rings. The Kier molecular flexibility index (Phi) is 6.26. The highest BCUT2D eigenvalue weighted by atomic mass is 16.5. The highest BCUT2D eigenvalue weighted by Gasteiger charge is 2.07. The second-order valence-corrected chi connectivity index (χ2v) is 6.50. The van der Waals surface area contributed by atoms with Crippen LogP contribution in [0.1, 0.15) is 23.2 Å². The van der Waals surface area contributed by atoms with Crippen molar-refractivity contribution in [1.29, 1.82) is 0 Å². The van der Waals surface area contributed by atoms with Gasteiger partial charge in [-0.15, -0.1) is 0 Å². The molecule has 5 heteroatoms. The van der Waals surface area contributed by atoms with Crippen LogP contribution in [0, 0.1) is 6.92 Å². The Morgan fingerprint density at radius 2 is 1.96 bits per heavy atom. The Bertz CT molecular complexity index is 888. The molecular weight excluding hydrogens is 338 g/mol. The summed E-state index contributed by atoms with van der Waals surface area (Å²) in [5.74, 6) is 0.797. The topological polar surface area (TPSA) is 56.1 Å². The Hall–Kier alpha value is -3.08. The van der Waals surface area contributed by atoms with Crippen LogP contribution in [-0.4, -0.2) is 29.3 Å². The number of aryl methyl sites for hydroxylation is 2. The summed E-state index contributed by atoms with van der Waals surface area (Å²) in [4.78, 5) is 12.1. The van der Waals surface area contributed by atoms with Crippen molar-refractivity contribution in [2.45, 2.75) is 26.2 Å². The molecule has 0 aliphatic carbocycles. The standard InChI is InChI=1S/C22H25N3O2/c1-17-19(16-25(24-17)20-10-4-3-5-11-20)9-7-13-23-22(26)15-18-8-6-12-21(14-18)27-2/h3-6,8,10-12,14,16H,7,9,13,15H2,1-2H3,(H,23,26). The Morgan fingerprint density at radius 1 is 1.15 bits per heavy atom. The minimum absolute atomic E-state index is 0.0277. The second-order valence-electron chi connectivity index (χ2n) is 6.50. The lowest BCUT2D eigenvalue weighted by molar-refractivity contribution is -0.120. The average Bonchev–Trinajstić information content (AvgIpc) is 3.07. The summed E-state index contributed by atoms with van der Waals surface area (Å²) in [6.45, 7) is 2.68. The summed E-state index contributed by atoms with van der Waals surface area (Å²) < 4.78 is 7.10. The van der Waals surface area contributed by atoms with Crippen LogP contribution in [0.3, 0.4) is 0 Å². The van der Waals surface area contributed by atoms with Crippen LogP contribution >= 0.6 is 0 Å². The van der Waals surface area contributed by atoms with Crippen LogP contribution in [0.25, 0.3) is 5.69 Å². The molecule has 1 heterocycles. The van der Waals surface area contributed by atoms with E-state index in [2.05, 4.69) is 16.6 Å². The van der Waals surface area contributed by atoms with Gasteiger partial charge >= 0.3 is 0 Å². The van der Waals surface area contributed by atoms with Gasteiger partial charge in [-0.1, -0.05) is 30.3 Å². The fraction of sp³-hybridized carbons (Fsp3) is 0.273. The fourth-order valence-corrected chi connectivity index (χ4v) is 2.99. The molecule has 0 saturated heterocycles. The van der Waals surface area contributed by atoms with Gasteiger partial charge in [0.15, 0.2) is 0 Å². The van der Waals surface area contributed by atoms with Gasteiger partial charge in [0.1, 0.15) is 5.75 Å². The minimum atomic E-state index is 0.0277. The third kappa shape index (κ3) is 5.20. The van der Waals surface area contributed by atoms with E-state index >= 15 is 0 Å². The van der Waals surface area contributed by atoms with Crippen molar-refractivity contribution in [2.75, 3.05) is 13.7 Å². The fourth-order valence-electron chi connectivity index (χ4n) is 2.99. The largest absolute Gasteiger partial charge is 0.497 e. The maximum absolute atomic E-state index is 12.1. The van der Waals surface area contributed by atoms with Crippen molar-refractivity contribution < 1.29 is 9.53 Å². The van der Waals surface area contributed by atoms with Gasteiger partial charge < -0.3 is 10.1 Å². The van der Waals surface area contributed by atoms with E-state index in [9.17, 15) is 4.79 Å². The van der Waals surface area contributed by atoms with Crippen LogP contribution in [0.15, 0.2) is 60.8 Å². The lowest BCUT2D eigenvalue weighted by atomic mass is 10.1. The molecule has 1 aromatic heterocycles. The van der Waals surface area contributed by atoms with Gasteiger partial charge in [0.05, 0.1) is 24.9 Å². The van der Waals surface area contributed by atoms with Crippen molar-refractivity contribution in [1.82, 2.24) is 15.1 Å². The Morgan fingerprint density at radius 3 is 2.74 bits per heavy atom. The lowest BCUT2D eigenvalue weighted by Crippen LogP contribution is -2.26. The number of methoxy groups -OCH3 is 1. The highest BCUT2D eigenvalue weighted by Crippen LogP contribution is 2.14. The number of carbonyl (C=O) groups is 1. The number of aromatic nitrogens is 2. The molecular formula is C22H25N3O2. The van der Waals surface area contributed by atoms with Crippen LogP contribution in [0.5, 0.6) is 5.75 Å². The first kappa shape index (κ1) is 18.7. The van der Waals surface area contributed by atoms with Crippen molar-refractivity contribution in [3.05, 3.63) is 77.6 Å². The maximum atomic E-state index is 12.1. The Labute approximate surface area is 160 Å². The molecule has 140 valence electrons. The zero-order valence-electron chi connectivity index (χ0n) is 15.8. The number of ether oxygens (including phenoxy) is 1. The average molecular weight is 363 g/mol. The molecule has 27 heavy (non-hydrogen) atoms. The SMILES string of the molecule is COc1cccc(CC(=O)NCCCc2cn(-c3ccccc3)nc2C)c1. The molecule has 5 nitrogen and oxygen atoms in total.